The minimum absolute atomic E-state index is 0.385. The van der Waals surface area contributed by atoms with Gasteiger partial charge in [-0.05, 0) is 17.6 Å². The highest BCUT2D eigenvalue weighted by atomic mass is 16.5. The summed E-state index contributed by atoms with van der Waals surface area (Å²) in [6.45, 7) is 5.57. The number of rotatable bonds is 6. The van der Waals surface area contributed by atoms with Crippen molar-refractivity contribution in [2.45, 2.75) is 0 Å². The van der Waals surface area contributed by atoms with Crippen molar-refractivity contribution >= 4 is 12.6 Å². The Hall–Kier alpha value is -1.28. The van der Waals surface area contributed by atoms with E-state index in [-0.39, 0.29) is 0 Å². The normalized spacial score (nSPS) is 15.9. The number of hydrogen-bond donors (Lipinski definition) is 3. The van der Waals surface area contributed by atoms with Crippen LogP contribution in [0.4, 0.5) is 0 Å². The first kappa shape index (κ1) is 15.1. The van der Waals surface area contributed by atoms with Crippen molar-refractivity contribution in [3.05, 3.63) is 18.2 Å². The molecule has 110 valence electrons. The maximum absolute atomic E-state index is 9.13. The Bertz CT molecular complexity index is 425. The summed E-state index contributed by atoms with van der Waals surface area (Å²) in [5, 5.41) is 21.6. The summed E-state index contributed by atoms with van der Waals surface area (Å²) in [5.41, 5.74) is 0.385. The van der Waals surface area contributed by atoms with E-state index in [9.17, 15) is 0 Å². The average molecular weight is 280 g/mol. The van der Waals surface area contributed by atoms with E-state index in [1.807, 2.05) is 0 Å². The molecule has 0 amide bonds. The van der Waals surface area contributed by atoms with E-state index in [1.165, 1.54) is 7.11 Å². The van der Waals surface area contributed by atoms with Gasteiger partial charge in [0.05, 0.1) is 7.11 Å². The molecule has 0 saturated carbocycles. The Kier molecular flexibility index (Phi) is 5.66. The van der Waals surface area contributed by atoms with Crippen LogP contribution < -0.4 is 20.3 Å². The minimum atomic E-state index is -1.50. The molecule has 1 heterocycles. The molecule has 7 heteroatoms. The standard InChI is InChI=1S/C13H21BN2O4/c1-19-13-10-11(14(17)18)2-3-12(13)20-9-8-16-6-4-15-5-7-16/h2-3,10,15,17-18H,4-9H2,1H3. The van der Waals surface area contributed by atoms with E-state index in [1.54, 1.807) is 18.2 Å². The van der Waals surface area contributed by atoms with Crippen LogP contribution in [0.1, 0.15) is 0 Å². The topological polar surface area (TPSA) is 74.2 Å². The fourth-order valence-corrected chi connectivity index (χ4v) is 2.18. The Balaban J connectivity index is 1.88. The summed E-state index contributed by atoms with van der Waals surface area (Å²) < 4.78 is 10.9. The number of hydrogen-bond acceptors (Lipinski definition) is 6. The van der Waals surface area contributed by atoms with Crippen molar-refractivity contribution in [3.8, 4) is 11.5 Å². The molecule has 0 bridgehead atoms. The number of piperazine rings is 1. The van der Waals surface area contributed by atoms with Crippen molar-refractivity contribution < 1.29 is 19.5 Å². The smallest absolute Gasteiger partial charge is 0.488 e. The van der Waals surface area contributed by atoms with Crippen molar-refractivity contribution in [3.63, 3.8) is 0 Å². The third-order valence-corrected chi connectivity index (χ3v) is 3.36. The number of nitrogens with one attached hydrogen (secondary N) is 1. The van der Waals surface area contributed by atoms with Gasteiger partial charge >= 0.3 is 7.12 Å². The highest BCUT2D eigenvalue weighted by Crippen LogP contribution is 2.25. The van der Waals surface area contributed by atoms with E-state index >= 15 is 0 Å². The molecule has 1 aliphatic rings. The molecule has 1 fully saturated rings. The highest BCUT2D eigenvalue weighted by molar-refractivity contribution is 6.58. The van der Waals surface area contributed by atoms with Crippen LogP contribution in [0.3, 0.4) is 0 Å². The summed E-state index contributed by atoms with van der Waals surface area (Å²) in [6, 6.07) is 4.89. The summed E-state index contributed by atoms with van der Waals surface area (Å²) in [5.74, 6) is 1.13. The fraction of sp³-hybridized carbons (Fsp3) is 0.538. The molecule has 20 heavy (non-hydrogen) atoms. The van der Waals surface area contributed by atoms with E-state index in [4.69, 9.17) is 19.5 Å². The summed E-state index contributed by atoms with van der Waals surface area (Å²) in [7, 11) is 0.0327. The van der Waals surface area contributed by atoms with Crippen molar-refractivity contribution in [1.82, 2.24) is 10.2 Å². The second-order valence-corrected chi connectivity index (χ2v) is 4.72. The van der Waals surface area contributed by atoms with Gasteiger partial charge in [0.2, 0.25) is 0 Å². The lowest BCUT2D eigenvalue weighted by atomic mass is 9.80. The molecular formula is C13H21BN2O4. The van der Waals surface area contributed by atoms with Crippen LogP contribution in [-0.4, -0.2) is 68.5 Å². The van der Waals surface area contributed by atoms with Gasteiger partial charge in [-0.2, -0.15) is 0 Å². The SMILES string of the molecule is COc1cc(B(O)O)ccc1OCCN1CCNCC1. The largest absolute Gasteiger partial charge is 0.493 e. The molecule has 1 aromatic carbocycles. The van der Waals surface area contributed by atoms with Gasteiger partial charge in [-0.25, -0.2) is 0 Å². The van der Waals surface area contributed by atoms with Gasteiger partial charge in [0.1, 0.15) is 6.61 Å². The number of benzene rings is 1. The lowest BCUT2D eigenvalue weighted by molar-refractivity contribution is 0.188. The third kappa shape index (κ3) is 4.11. The average Bonchev–Trinajstić information content (AvgIpc) is 2.48. The van der Waals surface area contributed by atoms with Crippen LogP contribution >= 0.6 is 0 Å². The maximum atomic E-state index is 9.13. The van der Waals surface area contributed by atoms with Crippen LogP contribution in [-0.2, 0) is 0 Å². The van der Waals surface area contributed by atoms with Gasteiger partial charge in [0, 0.05) is 32.7 Å². The zero-order chi connectivity index (χ0) is 14.4. The van der Waals surface area contributed by atoms with Gasteiger partial charge in [0.15, 0.2) is 11.5 Å². The Morgan fingerprint density at radius 3 is 2.65 bits per heavy atom. The van der Waals surface area contributed by atoms with E-state index < -0.39 is 7.12 Å². The second kappa shape index (κ2) is 7.49. The Morgan fingerprint density at radius 1 is 1.25 bits per heavy atom. The zero-order valence-corrected chi connectivity index (χ0v) is 11.7. The minimum Gasteiger partial charge on any atom is -0.493 e. The van der Waals surface area contributed by atoms with Crippen LogP contribution in [0.5, 0.6) is 11.5 Å². The Labute approximate surface area is 119 Å². The van der Waals surface area contributed by atoms with Gasteiger partial charge < -0.3 is 24.8 Å². The molecule has 0 aliphatic carbocycles. The van der Waals surface area contributed by atoms with Gasteiger partial charge in [-0.1, -0.05) is 6.07 Å². The molecular weight excluding hydrogens is 259 g/mol. The van der Waals surface area contributed by atoms with E-state index in [2.05, 4.69) is 10.2 Å². The predicted octanol–water partition coefficient (Wildman–Crippen LogP) is -1.34. The van der Waals surface area contributed by atoms with Crippen LogP contribution in [0.2, 0.25) is 0 Å². The summed E-state index contributed by atoms with van der Waals surface area (Å²) in [4.78, 5) is 2.34. The first-order valence-electron chi connectivity index (χ1n) is 6.80. The van der Waals surface area contributed by atoms with Crippen LogP contribution in [0.25, 0.3) is 0 Å². The summed E-state index contributed by atoms with van der Waals surface area (Å²) >= 11 is 0. The number of ether oxygens (including phenoxy) is 2. The monoisotopic (exact) mass is 280 g/mol. The van der Waals surface area contributed by atoms with Gasteiger partial charge in [-0.3, -0.25) is 4.90 Å². The molecule has 2 rings (SSSR count). The molecule has 0 unspecified atom stereocenters. The lowest BCUT2D eigenvalue weighted by Gasteiger charge is -2.27. The molecule has 1 saturated heterocycles. The molecule has 0 atom stereocenters. The molecule has 3 N–H and O–H groups in total. The summed E-state index contributed by atoms with van der Waals surface area (Å²) in [6.07, 6.45) is 0. The molecule has 1 aliphatic heterocycles. The van der Waals surface area contributed by atoms with Crippen LogP contribution in [0.15, 0.2) is 18.2 Å². The van der Waals surface area contributed by atoms with Crippen molar-refractivity contribution in [1.29, 1.82) is 0 Å². The molecule has 6 nitrogen and oxygen atoms in total. The first-order chi connectivity index (χ1) is 9.70. The molecule has 1 aromatic rings. The number of nitrogens with zero attached hydrogens (tertiary/aromatic N) is 1. The zero-order valence-electron chi connectivity index (χ0n) is 11.7. The Morgan fingerprint density at radius 2 is 2.00 bits per heavy atom. The third-order valence-electron chi connectivity index (χ3n) is 3.36. The molecule has 0 spiro atoms. The molecule has 0 radical (unpaired) electrons. The van der Waals surface area contributed by atoms with Crippen LogP contribution in [0, 0.1) is 0 Å². The van der Waals surface area contributed by atoms with E-state index in [0.717, 1.165) is 32.7 Å². The van der Waals surface area contributed by atoms with E-state index in [0.29, 0.717) is 23.6 Å². The second-order valence-electron chi connectivity index (χ2n) is 4.72. The predicted molar refractivity (Wildman–Crippen MR) is 77.6 cm³/mol. The highest BCUT2D eigenvalue weighted by Gasteiger charge is 2.15. The van der Waals surface area contributed by atoms with Gasteiger partial charge in [-0.15, -0.1) is 0 Å². The fourth-order valence-electron chi connectivity index (χ4n) is 2.18. The number of methoxy groups -OCH3 is 1. The quantitative estimate of drug-likeness (QED) is 0.560. The first-order valence-corrected chi connectivity index (χ1v) is 6.80. The van der Waals surface area contributed by atoms with Gasteiger partial charge in [0.25, 0.3) is 0 Å². The lowest BCUT2D eigenvalue weighted by Crippen LogP contribution is -2.44. The van der Waals surface area contributed by atoms with Crippen molar-refractivity contribution in [2.75, 3.05) is 46.4 Å². The maximum Gasteiger partial charge on any atom is 0.488 e. The van der Waals surface area contributed by atoms with Crippen molar-refractivity contribution in [2.24, 2.45) is 0 Å². The molecule has 0 aromatic heterocycles.